The molecule has 0 spiro atoms. The molecule has 0 aliphatic carbocycles. The van der Waals surface area contributed by atoms with Crippen LogP contribution in [0.25, 0.3) is 6.08 Å². The summed E-state index contributed by atoms with van der Waals surface area (Å²) in [4.78, 5) is 23.2. The summed E-state index contributed by atoms with van der Waals surface area (Å²) < 4.78 is 14.6. The van der Waals surface area contributed by atoms with Crippen LogP contribution in [0.4, 0.5) is 4.39 Å². The molecular weight excluding hydrogens is 299 g/mol. The average molecular weight is 316 g/mol. The predicted molar refractivity (Wildman–Crippen MR) is 84.4 cm³/mol. The molecule has 1 aromatic heterocycles. The highest BCUT2D eigenvalue weighted by Crippen LogP contribution is 2.07. The van der Waals surface area contributed by atoms with E-state index >= 15 is 0 Å². The molecule has 0 radical (unpaired) electrons. The van der Waals surface area contributed by atoms with E-state index in [9.17, 15) is 14.0 Å². The lowest BCUT2D eigenvalue weighted by Gasteiger charge is -2.07. The van der Waals surface area contributed by atoms with Crippen LogP contribution >= 0.6 is 0 Å². The monoisotopic (exact) mass is 316 g/mol. The number of halogens is 1. The number of aryl methyl sites for hydroxylation is 2. The number of rotatable bonds is 6. The lowest BCUT2D eigenvalue weighted by Crippen LogP contribution is -2.22. The van der Waals surface area contributed by atoms with Crippen LogP contribution in [-0.2, 0) is 17.8 Å². The fourth-order valence-corrected chi connectivity index (χ4v) is 2.21. The van der Waals surface area contributed by atoms with Crippen molar-refractivity contribution in [2.45, 2.75) is 19.4 Å². The highest BCUT2D eigenvalue weighted by atomic mass is 19.1. The van der Waals surface area contributed by atoms with Gasteiger partial charge in [0.1, 0.15) is 5.82 Å². The van der Waals surface area contributed by atoms with Crippen molar-refractivity contribution in [3.05, 3.63) is 76.0 Å². The summed E-state index contributed by atoms with van der Waals surface area (Å²) in [5, 5.41) is 8.42. The Morgan fingerprint density at radius 1 is 1.30 bits per heavy atom. The van der Waals surface area contributed by atoms with Crippen molar-refractivity contribution in [2.75, 3.05) is 0 Å². The second kappa shape index (κ2) is 8.05. The SMILES string of the molecule is O=C(/C=C/c1cccn(CCCc2cccc(F)c2)c1=O)NO. The van der Waals surface area contributed by atoms with E-state index in [0.717, 1.165) is 11.6 Å². The van der Waals surface area contributed by atoms with Gasteiger partial charge in [-0.2, -0.15) is 0 Å². The van der Waals surface area contributed by atoms with Gasteiger partial charge in [-0.1, -0.05) is 12.1 Å². The molecule has 0 saturated carbocycles. The Kier molecular flexibility index (Phi) is 5.82. The molecule has 23 heavy (non-hydrogen) atoms. The van der Waals surface area contributed by atoms with Gasteiger partial charge in [-0.05, 0) is 48.7 Å². The van der Waals surface area contributed by atoms with Gasteiger partial charge in [-0.25, -0.2) is 9.87 Å². The molecule has 6 heteroatoms. The van der Waals surface area contributed by atoms with Gasteiger partial charge in [0.05, 0.1) is 0 Å². The Morgan fingerprint density at radius 2 is 2.13 bits per heavy atom. The summed E-state index contributed by atoms with van der Waals surface area (Å²) in [5.41, 5.74) is 2.47. The molecule has 1 amide bonds. The molecule has 0 aliphatic heterocycles. The van der Waals surface area contributed by atoms with Crippen molar-refractivity contribution >= 4 is 12.0 Å². The number of nitrogens with one attached hydrogen (secondary N) is 1. The Balaban J connectivity index is 2.02. The highest BCUT2D eigenvalue weighted by molar-refractivity contribution is 5.90. The Morgan fingerprint density at radius 3 is 2.87 bits per heavy atom. The lowest BCUT2D eigenvalue weighted by molar-refractivity contribution is -0.124. The average Bonchev–Trinajstić information content (AvgIpc) is 2.55. The molecule has 2 rings (SSSR count). The Labute approximate surface area is 132 Å². The van der Waals surface area contributed by atoms with Crippen molar-refractivity contribution < 1.29 is 14.4 Å². The minimum Gasteiger partial charge on any atom is -0.315 e. The number of hydrogen-bond acceptors (Lipinski definition) is 3. The smallest absolute Gasteiger partial charge is 0.267 e. The number of benzene rings is 1. The lowest BCUT2D eigenvalue weighted by atomic mass is 10.1. The van der Waals surface area contributed by atoms with E-state index < -0.39 is 5.91 Å². The molecular formula is C17H17FN2O3. The van der Waals surface area contributed by atoms with Crippen LogP contribution < -0.4 is 11.0 Å². The summed E-state index contributed by atoms with van der Waals surface area (Å²) in [6.45, 7) is 0.489. The summed E-state index contributed by atoms with van der Waals surface area (Å²) in [6, 6.07) is 9.68. The molecule has 0 fully saturated rings. The molecule has 120 valence electrons. The van der Waals surface area contributed by atoms with Crippen LogP contribution in [-0.4, -0.2) is 15.7 Å². The van der Waals surface area contributed by atoms with Gasteiger partial charge in [0.15, 0.2) is 0 Å². The number of hydroxylamine groups is 1. The van der Waals surface area contributed by atoms with Gasteiger partial charge < -0.3 is 4.57 Å². The maximum Gasteiger partial charge on any atom is 0.267 e. The molecule has 1 aromatic carbocycles. The van der Waals surface area contributed by atoms with E-state index in [4.69, 9.17) is 5.21 Å². The van der Waals surface area contributed by atoms with Gasteiger partial charge in [0.2, 0.25) is 0 Å². The van der Waals surface area contributed by atoms with Gasteiger partial charge in [0.25, 0.3) is 11.5 Å². The van der Waals surface area contributed by atoms with Crippen molar-refractivity contribution in [1.82, 2.24) is 10.0 Å². The summed E-state index contributed by atoms with van der Waals surface area (Å²) in [6.07, 6.45) is 5.44. The van der Waals surface area contributed by atoms with Gasteiger partial charge in [0, 0.05) is 24.4 Å². The van der Waals surface area contributed by atoms with E-state index in [1.54, 1.807) is 24.4 Å². The number of amides is 1. The summed E-state index contributed by atoms with van der Waals surface area (Å²) in [5.74, 6) is -0.972. The normalized spacial score (nSPS) is 10.9. The molecule has 0 saturated heterocycles. The third-order valence-electron chi connectivity index (χ3n) is 3.33. The quantitative estimate of drug-likeness (QED) is 0.487. The van der Waals surface area contributed by atoms with Crippen molar-refractivity contribution in [3.8, 4) is 0 Å². The fourth-order valence-electron chi connectivity index (χ4n) is 2.21. The first-order valence-electron chi connectivity index (χ1n) is 7.16. The van der Waals surface area contributed by atoms with Crippen LogP contribution in [0.5, 0.6) is 0 Å². The van der Waals surface area contributed by atoms with Crippen LogP contribution in [0.15, 0.2) is 53.5 Å². The van der Waals surface area contributed by atoms with Crippen molar-refractivity contribution in [3.63, 3.8) is 0 Å². The van der Waals surface area contributed by atoms with Crippen molar-refractivity contribution in [2.24, 2.45) is 0 Å². The maximum absolute atomic E-state index is 13.1. The Bertz CT molecular complexity index is 768. The minimum atomic E-state index is -0.703. The van der Waals surface area contributed by atoms with Crippen molar-refractivity contribution in [1.29, 1.82) is 0 Å². The first-order chi connectivity index (χ1) is 11.1. The van der Waals surface area contributed by atoms with Gasteiger partial charge in [-0.15, -0.1) is 0 Å². The molecule has 0 atom stereocenters. The van der Waals surface area contributed by atoms with Crippen LogP contribution in [0.1, 0.15) is 17.5 Å². The number of carbonyl (C=O) groups excluding carboxylic acids is 1. The number of aromatic nitrogens is 1. The third-order valence-corrected chi connectivity index (χ3v) is 3.33. The summed E-state index contributed by atoms with van der Waals surface area (Å²) >= 11 is 0. The fraction of sp³-hybridized carbons (Fsp3) is 0.176. The topological polar surface area (TPSA) is 71.3 Å². The maximum atomic E-state index is 13.1. The van der Waals surface area contributed by atoms with Crippen LogP contribution in [0.2, 0.25) is 0 Å². The van der Waals surface area contributed by atoms with Crippen LogP contribution in [0.3, 0.4) is 0 Å². The van der Waals surface area contributed by atoms with E-state index in [-0.39, 0.29) is 11.4 Å². The zero-order chi connectivity index (χ0) is 16.7. The van der Waals surface area contributed by atoms with E-state index in [0.29, 0.717) is 24.9 Å². The number of pyridine rings is 1. The van der Waals surface area contributed by atoms with Gasteiger partial charge in [-0.3, -0.25) is 14.8 Å². The van der Waals surface area contributed by atoms with Crippen LogP contribution in [0, 0.1) is 5.82 Å². The minimum absolute atomic E-state index is 0.228. The molecule has 5 nitrogen and oxygen atoms in total. The van der Waals surface area contributed by atoms with E-state index in [1.165, 1.54) is 28.3 Å². The molecule has 2 aromatic rings. The first-order valence-corrected chi connectivity index (χ1v) is 7.16. The number of hydrogen-bond donors (Lipinski definition) is 2. The highest BCUT2D eigenvalue weighted by Gasteiger charge is 2.02. The summed E-state index contributed by atoms with van der Waals surface area (Å²) in [7, 11) is 0. The molecule has 0 unspecified atom stereocenters. The largest absolute Gasteiger partial charge is 0.315 e. The number of carbonyl (C=O) groups is 1. The zero-order valence-corrected chi connectivity index (χ0v) is 12.4. The van der Waals surface area contributed by atoms with E-state index in [2.05, 4.69) is 0 Å². The zero-order valence-electron chi connectivity index (χ0n) is 12.4. The first kappa shape index (κ1) is 16.6. The molecule has 0 bridgehead atoms. The molecule has 2 N–H and O–H groups in total. The second-order valence-corrected chi connectivity index (χ2v) is 5.00. The second-order valence-electron chi connectivity index (χ2n) is 5.00. The standard InChI is InChI=1S/C17H17FN2O3/c18-15-7-1-4-13(12-15)5-2-10-20-11-3-6-14(17(20)22)8-9-16(21)19-23/h1,3-4,6-9,11-12,23H,2,5,10H2,(H,19,21)/b9-8+. The van der Waals surface area contributed by atoms with Gasteiger partial charge >= 0.3 is 0 Å². The molecule has 0 aliphatic rings. The van der Waals surface area contributed by atoms with E-state index in [1.807, 2.05) is 6.07 Å². The molecule has 1 heterocycles. The number of nitrogens with zero attached hydrogens (tertiary/aromatic N) is 1. The predicted octanol–water partition coefficient (Wildman–Crippen LogP) is 2.14. The Hall–Kier alpha value is -2.73. The third kappa shape index (κ3) is 4.89.